The number of carbonyl (C=O) groups excluding carboxylic acids is 2. The zero-order valence-electron chi connectivity index (χ0n) is 11.4. The van der Waals surface area contributed by atoms with Gasteiger partial charge in [-0.2, -0.15) is 5.10 Å². The highest BCUT2D eigenvalue weighted by molar-refractivity contribution is 5.89. The maximum atomic E-state index is 11.9. The van der Waals surface area contributed by atoms with E-state index in [0.717, 1.165) is 5.56 Å². The molecule has 0 spiro atoms. The average Bonchev–Trinajstić information content (AvgIpc) is 2.95. The van der Waals surface area contributed by atoms with Crippen molar-refractivity contribution in [3.05, 3.63) is 18.0 Å². The molecule has 19 heavy (non-hydrogen) atoms. The van der Waals surface area contributed by atoms with Gasteiger partial charge in [-0.25, -0.2) is 0 Å². The second-order valence-electron chi connectivity index (χ2n) is 4.91. The molecule has 2 heterocycles. The number of aryl methyl sites for hydroxylation is 1. The quantitative estimate of drug-likeness (QED) is 0.824. The van der Waals surface area contributed by atoms with Gasteiger partial charge in [0.05, 0.1) is 18.7 Å². The Labute approximate surface area is 112 Å². The zero-order valence-corrected chi connectivity index (χ0v) is 11.4. The number of aromatic nitrogens is 2. The van der Waals surface area contributed by atoms with Crippen molar-refractivity contribution in [2.45, 2.75) is 26.8 Å². The third kappa shape index (κ3) is 3.33. The van der Waals surface area contributed by atoms with E-state index in [1.807, 2.05) is 20.0 Å². The summed E-state index contributed by atoms with van der Waals surface area (Å²) < 4.78 is 1.80. The Hall–Kier alpha value is -1.85. The van der Waals surface area contributed by atoms with Crippen LogP contribution in [-0.2, 0) is 16.1 Å². The molecule has 6 heteroatoms. The lowest BCUT2D eigenvalue weighted by Gasteiger charge is -2.13. The predicted molar refractivity (Wildman–Crippen MR) is 70.3 cm³/mol. The highest BCUT2D eigenvalue weighted by Gasteiger charge is 2.32. The highest BCUT2D eigenvalue weighted by atomic mass is 16.2. The first-order chi connectivity index (χ1) is 9.10. The molecule has 0 radical (unpaired) electrons. The topological polar surface area (TPSA) is 67.2 Å². The summed E-state index contributed by atoms with van der Waals surface area (Å²) in [5.74, 6) is -0.162. The van der Waals surface area contributed by atoms with E-state index in [4.69, 9.17) is 0 Å². The van der Waals surface area contributed by atoms with Crippen LogP contribution in [0.25, 0.3) is 0 Å². The van der Waals surface area contributed by atoms with Crippen LogP contribution >= 0.6 is 0 Å². The fraction of sp³-hybridized carbons (Fsp3) is 0.615. The normalized spacial score (nSPS) is 18.9. The molecule has 1 saturated heterocycles. The SMILES string of the molecule is CCN1C[C@@H](C(=O)NCCn2cc(C)cn2)CC1=O. The van der Waals surface area contributed by atoms with E-state index in [0.29, 0.717) is 32.6 Å². The molecule has 6 nitrogen and oxygen atoms in total. The predicted octanol–water partition coefficient (Wildman–Crippen LogP) is 0.176. The first-order valence-electron chi connectivity index (χ1n) is 6.64. The van der Waals surface area contributed by atoms with Crippen LogP contribution in [0.15, 0.2) is 12.4 Å². The Bertz CT molecular complexity index is 469. The van der Waals surface area contributed by atoms with E-state index in [2.05, 4.69) is 10.4 Å². The summed E-state index contributed by atoms with van der Waals surface area (Å²) >= 11 is 0. The third-order valence-corrected chi connectivity index (χ3v) is 3.37. The van der Waals surface area contributed by atoms with Gasteiger partial charge in [-0.1, -0.05) is 0 Å². The average molecular weight is 264 g/mol. The number of nitrogens with one attached hydrogen (secondary N) is 1. The number of rotatable bonds is 5. The molecule has 0 bridgehead atoms. The van der Waals surface area contributed by atoms with Crippen LogP contribution in [0.3, 0.4) is 0 Å². The van der Waals surface area contributed by atoms with Crippen LogP contribution in [0.2, 0.25) is 0 Å². The van der Waals surface area contributed by atoms with Crippen molar-refractivity contribution in [1.29, 1.82) is 0 Å². The number of amides is 2. The second-order valence-corrected chi connectivity index (χ2v) is 4.91. The first-order valence-corrected chi connectivity index (χ1v) is 6.64. The summed E-state index contributed by atoms with van der Waals surface area (Å²) in [6.45, 7) is 6.31. The molecule has 0 aromatic carbocycles. The molecular weight excluding hydrogens is 244 g/mol. The van der Waals surface area contributed by atoms with Gasteiger partial charge in [-0.15, -0.1) is 0 Å². The molecule has 1 fully saturated rings. The lowest BCUT2D eigenvalue weighted by molar-refractivity contribution is -0.128. The lowest BCUT2D eigenvalue weighted by atomic mass is 10.1. The van der Waals surface area contributed by atoms with E-state index in [-0.39, 0.29) is 17.7 Å². The minimum Gasteiger partial charge on any atom is -0.354 e. The Morgan fingerprint density at radius 3 is 2.95 bits per heavy atom. The molecule has 1 N–H and O–H groups in total. The van der Waals surface area contributed by atoms with Crippen LogP contribution in [0.5, 0.6) is 0 Å². The maximum absolute atomic E-state index is 11.9. The van der Waals surface area contributed by atoms with Crippen molar-refractivity contribution >= 4 is 11.8 Å². The Morgan fingerprint density at radius 1 is 1.58 bits per heavy atom. The van der Waals surface area contributed by atoms with E-state index >= 15 is 0 Å². The lowest BCUT2D eigenvalue weighted by Crippen LogP contribution is -2.34. The van der Waals surface area contributed by atoms with Crippen molar-refractivity contribution in [2.24, 2.45) is 5.92 Å². The molecule has 0 saturated carbocycles. The number of nitrogens with zero attached hydrogens (tertiary/aromatic N) is 3. The summed E-state index contributed by atoms with van der Waals surface area (Å²) in [4.78, 5) is 25.2. The standard InChI is InChI=1S/C13H20N4O2/c1-3-16-9-11(6-12(16)18)13(19)14-4-5-17-8-10(2)7-15-17/h7-8,11H,3-6,9H2,1-2H3,(H,14,19)/t11-/m0/s1. The molecule has 1 aliphatic rings. The number of hydrogen-bond donors (Lipinski definition) is 1. The number of carbonyl (C=O) groups is 2. The summed E-state index contributed by atoms with van der Waals surface area (Å²) in [6.07, 6.45) is 4.06. The largest absolute Gasteiger partial charge is 0.354 e. The molecule has 1 aliphatic heterocycles. The molecule has 2 amide bonds. The summed E-state index contributed by atoms with van der Waals surface area (Å²) in [5.41, 5.74) is 1.10. The van der Waals surface area contributed by atoms with E-state index in [9.17, 15) is 9.59 Å². The van der Waals surface area contributed by atoms with Crippen LogP contribution in [-0.4, -0.2) is 46.1 Å². The first kappa shape index (κ1) is 13.6. The van der Waals surface area contributed by atoms with Gasteiger partial charge in [0.1, 0.15) is 0 Å². The Kier molecular flexibility index (Phi) is 4.19. The molecule has 0 aliphatic carbocycles. The van der Waals surface area contributed by atoms with Gasteiger partial charge < -0.3 is 10.2 Å². The van der Waals surface area contributed by atoms with Gasteiger partial charge in [0.25, 0.3) is 0 Å². The smallest absolute Gasteiger partial charge is 0.225 e. The molecular formula is C13H20N4O2. The summed E-state index contributed by atoms with van der Waals surface area (Å²) in [7, 11) is 0. The number of likely N-dealkylation sites (tertiary alicyclic amines) is 1. The molecule has 2 rings (SSSR count). The van der Waals surface area contributed by atoms with E-state index < -0.39 is 0 Å². The fourth-order valence-corrected chi connectivity index (χ4v) is 2.28. The van der Waals surface area contributed by atoms with Crippen molar-refractivity contribution in [3.63, 3.8) is 0 Å². The van der Waals surface area contributed by atoms with Crippen molar-refractivity contribution in [2.75, 3.05) is 19.6 Å². The fourth-order valence-electron chi connectivity index (χ4n) is 2.28. The van der Waals surface area contributed by atoms with Gasteiger partial charge in [0.15, 0.2) is 0 Å². The molecule has 104 valence electrons. The summed E-state index contributed by atoms with van der Waals surface area (Å²) in [6, 6.07) is 0. The van der Waals surface area contributed by atoms with Gasteiger partial charge in [0, 0.05) is 32.3 Å². The minimum atomic E-state index is -0.202. The van der Waals surface area contributed by atoms with E-state index in [1.165, 1.54) is 0 Å². The molecule has 1 atom stereocenters. The second kappa shape index (κ2) is 5.86. The highest BCUT2D eigenvalue weighted by Crippen LogP contribution is 2.17. The Balaban J connectivity index is 1.74. The Morgan fingerprint density at radius 2 is 2.37 bits per heavy atom. The zero-order chi connectivity index (χ0) is 13.8. The maximum Gasteiger partial charge on any atom is 0.225 e. The van der Waals surface area contributed by atoms with E-state index in [1.54, 1.807) is 15.8 Å². The van der Waals surface area contributed by atoms with Gasteiger partial charge in [-0.05, 0) is 19.4 Å². The van der Waals surface area contributed by atoms with Gasteiger partial charge in [0.2, 0.25) is 11.8 Å². The number of hydrogen-bond acceptors (Lipinski definition) is 3. The minimum absolute atomic E-state index is 0.0341. The van der Waals surface area contributed by atoms with Crippen LogP contribution in [0, 0.1) is 12.8 Å². The monoisotopic (exact) mass is 264 g/mol. The van der Waals surface area contributed by atoms with Gasteiger partial charge >= 0.3 is 0 Å². The molecule has 1 aromatic heterocycles. The third-order valence-electron chi connectivity index (χ3n) is 3.37. The van der Waals surface area contributed by atoms with Crippen molar-refractivity contribution < 1.29 is 9.59 Å². The van der Waals surface area contributed by atoms with Gasteiger partial charge in [-0.3, -0.25) is 14.3 Å². The van der Waals surface area contributed by atoms with Crippen LogP contribution in [0.1, 0.15) is 18.9 Å². The van der Waals surface area contributed by atoms with Crippen LogP contribution < -0.4 is 5.32 Å². The molecule has 0 unspecified atom stereocenters. The van der Waals surface area contributed by atoms with Crippen molar-refractivity contribution in [3.8, 4) is 0 Å². The molecule has 1 aromatic rings. The van der Waals surface area contributed by atoms with Crippen molar-refractivity contribution in [1.82, 2.24) is 20.0 Å². The summed E-state index contributed by atoms with van der Waals surface area (Å²) in [5, 5.41) is 7.02. The van der Waals surface area contributed by atoms with Crippen LogP contribution in [0.4, 0.5) is 0 Å².